The van der Waals surface area contributed by atoms with Gasteiger partial charge in [0.25, 0.3) is 0 Å². The Kier molecular flexibility index (Phi) is 4.78. The zero-order valence-corrected chi connectivity index (χ0v) is 13.6. The molecule has 118 valence electrons. The molecule has 1 aromatic heterocycles. The van der Waals surface area contributed by atoms with Crippen LogP contribution in [0.25, 0.3) is 10.8 Å². The van der Waals surface area contributed by atoms with Crippen LogP contribution in [-0.4, -0.2) is 21.8 Å². The first-order chi connectivity index (χ1) is 11.7. The van der Waals surface area contributed by atoms with Gasteiger partial charge in [-0.25, -0.2) is 0 Å². The third-order valence-corrected chi connectivity index (χ3v) is 4.83. The standard InChI is InChI=1S/C19H14N2O2S/c20-10-14-6-5-13(16-3-1-2-4-17(14)16)9-15-11-21-8-7-18(15)24-12-19(22)23/h1-8,11H,9,12H2,(H,22,23). The van der Waals surface area contributed by atoms with Crippen molar-refractivity contribution in [1.82, 2.24) is 4.98 Å². The van der Waals surface area contributed by atoms with Gasteiger partial charge in [-0.2, -0.15) is 5.26 Å². The molecule has 0 fully saturated rings. The second-order valence-electron chi connectivity index (χ2n) is 5.27. The summed E-state index contributed by atoms with van der Waals surface area (Å²) in [7, 11) is 0. The van der Waals surface area contributed by atoms with Crippen LogP contribution in [0, 0.1) is 11.3 Å². The lowest BCUT2D eigenvalue weighted by Crippen LogP contribution is -2.00. The van der Waals surface area contributed by atoms with Gasteiger partial charge in [-0.05, 0) is 34.0 Å². The zero-order valence-electron chi connectivity index (χ0n) is 12.8. The summed E-state index contributed by atoms with van der Waals surface area (Å²) in [5.41, 5.74) is 2.73. The highest BCUT2D eigenvalue weighted by Gasteiger charge is 2.10. The molecule has 2 aromatic carbocycles. The van der Waals surface area contributed by atoms with Gasteiger partial charge in [0.15, 0.2) is 0 Å². The Morgan fingerprint density at radius 3 is 2.67 bits per heavy atom. The second-order valence-corrected chi connectivity index (χ2v) is 6.29. The van der Waals surface area contributed by atoms with Crippen LogP contribution in [-0.2, 0) is 11.2 Å². The lowest BCUT2D eigenvalue weighted by Gasteiger charge is -2.11. The van der Waals surface area contributed by atoms with Gasteiger partial charge in [-0.15, -0.1) is 11.8 Å². The highest BCUT2D eigenvalue weighted by atomic mass is 32.2. The molecule has 3 aromatic rings. The Hall–Kier alpha value is -2.84. The molecule has 0 bridgehead atoms. The monoisotopic (exact) mass is 334 g/mol. The number of benzene rings is 2. The highest BCUT2D eigenvalue weighted by Crippen LogP contribution is 2.28. The summed E-state index contributed by atoms with van der Waals surface area (Å²) in [4.78, 5) is 15.9. The van der Waals surface area contributed by atoms with Crippen molar-refractivity contribution in [3.8, 4) is 6.07 Å². The number of fused-ring (bicyclic) bond motifs is 1. The Morgan fingerprint density at radius 2 is 1.92 bits per heavy atom. The van der Waals surface area contributed by atoms with E-state index in [1.165, 1.54) is 11.8 Å². The molecule has 4 nitrogen and oxygen atoms in total. The van der Waals surface area contributed by atoms with Crippen molar-refractivity contribution < 1.29 is 9.90 Å². The first-order valence-corrected chi connectivity index (χ1v) is 8.36. The molecule has 0 saturated carbocycles. The molecular weight excluding hydrogens is 320 g/mol. The van der Waals surface area contributed by atoms with Crippen molar-refractivity contribution in [1.29, 1.82) is 5.26 Å². The molecule has 0 aliphatic heterocycles. The van der Waals surface area contributed by atoms with E-state index in [9.17, 15) is 10.1 Å². The van der Waals surface area contributed by atoms with Gasteiger partial charge in [-0.1, -0.05) is 30.3 Å². The van der Waals surface area contributed by atoms with E-state index in [0.29, 0.717) is 12.0 Å². The number of hydrogen-bond donors (Lipinski definition) is 1. The van der Waals surface area contributed by atoms with Gasteiger partial charge in [0.2, 0.25) is 0 Å². The molecule has 0 amide bonds. The highest BCUT2D eigenvalue weighted by molar-refractivity contribution is 8.00. The third kappa shape index (κ3) is 3.39. The van der Waals surface area contributed by atoms with Gasteiger partial charge < -0.3 is 5.11 Å². The van der Waals surface area contributed by atoms with Crippen LogP contribution < -0.4 is 0 Å². The van der Waals surface area contributed by atoms with E-state index in [0.717, 1.165) is 26.8 Å². The number of carbonyl (C=O) groups is 1. The topological polar surface area (TPSA) is 74.0 Å². The van der Waals surface area contributed by atoms with Crippen molar-refractivity contribution >= 4 is 28.5 Å². The van der Waals surface area contributed by atoms with Crippen LogP contribution in [0.5, 0.6) is 0 Å². The summed E-state index contributed by atoms with van der Waals surface area (Å²) in [6, 6.07) is 15.7. The summed E-state index contributed by atoms with van der Waals surface area (Å²) in [6.45, 7) is 0. The second kappa shape index (κ2) is 7.16. The molecule has 0 spiro atoms. The van der Waals surface area contributed by atoms with Crippen LogP contribution in [0.3, 0.4) is 0 Å². The van der Waals surface area contributed by atoms with Gasteiger partial charge >= 0.3 is 5.97 Å². The predicted molar refractivity (Wildman–Crippen MR) is 94.1 cm³/mol. The molecule has 24 heavy (non-hydrogen) atoms. The molecule has 1 heterocycles. The normalized spacial score (nSPS) is 10.5. The number of carboxylic acids is 1. The number of nitriles is 1. The summed E-state index contributed by atoms with van der Waals surface area (Å²) in [6.07, 6.45) is 4.09. The molecule has 1 N–H and O–H groups in total. The predicted octanol–water partition coefficient (Wildman–Crippen LogP) is 3.87. The summed E-state index contributed by atoms with van der Waals surface area (Å²) >= 11 is 1.30. The first-order valence-electron chi connectivity index (χ1n) is 7.37. The van der Waals surface area contributed by atoms with Crippen molar-refractivity contribution in [2.24, 2.45) is 0 Å². The Balaban J connectivity index is 2.00. The molecule has 0 unspecified atom stereocenters. The third-order valence-electron chi connectivity index (χ3n) is 3.73. The maximum absolute atomic E-state index is 10.8. The smallest absolute Gasteiger partial charge is 0.313 e. The first kappa shape index (κ1) is 16.0. The quantitative estimate of drug-likeness (QED) is 0.717. The van der Waals surface area contributed by atoms with Crippen molar-refractivity contribution in [3.63, 3.8) is 0 Å². The molecule has 0 saturated heterocycles. The summed E-state index contributed by atoms with van der Waals surface area (Å²) in [5.74, 6) is -0.822. The molecule has 3 rings (SSSR count). The van der Waals surface area contributed by atoms with E-state index in [2.05, 4.69) is 11.1 Å². The lowest BCUT2D eigenvalue weighted by molar-refractivity contribution is -0.133. The minimum absolute atomic E-state index is 0.0190. The average molecular weight is 334 g/mol. The number of aliphatic carboxylic acids is 1. The van der Waals surface area contributed by atoms with Crippen LogP contribution in [0.4, 0.5) is 0 Å². The SMILES string of the molecule is N#Cc1ccc(Cc2cnccc2SCC(=O)O)c2ccccc12. The average Bonchev–Trinajstić information content (AvgIpc) is 2.61. The number of aromatic nitrogens is 1. The van der Waals surface area contributed by atoms with Crippen molar-refractivity contribution in [2.75, 3.05) is 5.75 Å². The van der Waals surface area contributed by atoms with E-state index in [1.54, 1.807) is 12.4 Å². The van der Waals surface area contributed by atoms with E-state index < -0.39 is 5.97 Å². The minimum atomic E-state index is -0.841. The lowest BCUT2D eigenvalue weighted by atomic mass is 9.96. The van der Waals surface area contributed by atoms with Gasteiger partial charge in [0.05, 0.1) is 17.4 Å². The van der Waals surface area contributed by atoms with Crippen molar-refractivity contribution in [2.45, 2.75) is 11.3 Å². The molecule has 0 atom stereocenters. The van der Waals surface area contributed by atoms with E-state index in [-0.39, 0.29) is 5.75 Å². The minimum Gasteiger partial charge on any atom is -0.481 e. The molecule has 0 aliphatic carbocycles. The fourth-order valence-electron chi connectivity index (χ4n) is 2.65. The fraction of sp³-hybridized carbons (Fsp3) is 0.105. The number of nitrogens with zero attached hydrogens (tertiary/aromatic N) is 2. The van der Waals surface area contributed by atoms with E-state index in [4.69, 9.17) is 5.11 Å². The van der Waals surface area contributed by atoms with Crippen LogP contribution in [0.2, 0.25) is 0 Å². The zero-order chi connectivity index (χ0) is 16.9. The molecule has 0 aliphatic rings. The van der Waals surface area contributed by atoms with Crippen LogP contribution in [0.1, 0.15) is 16.7 Å². The van der Waals surface area contributed by atoms with Gasteiger partial charge in [0.1, 0.15) is 0 Å². The molecular formula is C19H14N2O2S. The Bertz CT molecular complexity index is 947. The number of rotatable bonds is 5. The fourth-order valence-corrected chi connectivity index (χ4v) is 3.39. The molecule has 5 heteroatoms. The van der Waals surface area contributed by atoms with Crippen LogP contribution in [0.15, 0.2) is 59.8 Å². The summed E-state index contributed by atoms with van der Waals surface area (Å²) < 4.78 is 0. The van der Waals surface area contributed by atoms with Crippen molar-refractivity contribution in [3.05, 3.63) is 71.5 Å². The number of carboxylic acid groups (broad SMARTS) is 1. The Morgan fingerprint density at radius 1 is 1.12 bits per heavy atom. The number of hydrogen-bond acceptors (Lipinski definition) is 4. The maximum Gasteiger partial charge on any atom is 0.313 e. The Labute approximate surface area is 143 Å². The molecule has 0 radical (unpaired) electrons. The van der Waals surface area contributed by atoms with E-state index >= 15 is 0 Å². The van der Waals surface area contributed by atoms with Gasteiger partial charge in [-0.3, -0.25) is 9.78 Å². The van der Waals surface area contributed by atoms with E-state index in [1.807, 2.05) is 42.5 Å². The number of pyridine rings is 1. The van der Waals surface area contributed by atoms with Gasteiger partial charge in [0, 0.05) is 23.7 Å². The van der Waals surface area contributed by atoms with Crippen LogP contribution >= 0.6 is 11.8 Å². The summed E-state index contributed by atoms with van der Waals surface area (Å²) in [5, 5.41) is 20.1. The maximum atomic E-state index is 10.8. The number of thioether (sulfide) groups is 1. The largest absolute Gasteiger partial charge is 0.481 e.